The van der Waals surface area contributed by atoms with Crippen LogP contribution in [0.3, 0.4) is 0 Å². The molecule has 10 heteroatoms. The first-order chi connectivity index (χ1) is 14.3. The summed E-state index contributed by atoms with van der Waals surface area (Å²) in [4.78, 5) is 23.8. The molecule has 3 amide bonds. The number of carbonyl (C=O) groups is 2. The maximum absolute atomic E-state index is 11.9. The summed E-state index contributed by atoms with van der Waals surface area (Å²) >= 11 is 0. The van der Waals surface area contributed by atoms with E-state index >= 15 is 0 Å². The molecular formula is C20H26N4O5S. The first-order valence-corrected chi connectivity index (χ1v) is 10.9. The molecule has 162 valence electrons. The fraction of sp³-hybridized carbons (Fsp3) is 0.300. The van der Waals surface area contributed by atoms with Gasteiger partial charge in [-0.2, -0.15) is 0 Å². The van der Waals surface area contributed by atoms with Crippen LogP contribution in [0.25, 0.3) is 0 Å². The molecule has 0 saturated carbocycles. The lowest BCUT2D eigenvalue weighted by Crippen LogP contribution is -2.41. The summed E-state index contributed by atoms with van der Waals surface area (Å²) < 4.78 is 30.6. The van der Waals surface area contributed by atoms with Crippen LogP contribution in [0.15, 0.2) is 48.5 Å². The minimum absolute atomic E-state index is 0.141. The van der Waals surface area contributed by atoms with Crippen molar-refractivity contribution in [2.75, 3.05) is 20.7 Å². The highest BCUT2D eigenvalue weighted by Crippen LogP contribution is 2.11. The van der Waals surface area contributed by atoms with E-state index < -0.39 is 16.1 Å². The van der Waals surface area contributed by atoms with Crippen LogP contribution in [0.2, 0.25) is 0 Å². The van der Waals surface area contributed by atoms with Gasteiger partial charge in [0, 0.05) is 13.1 Å². The molecule has 0 radical (unpaired) electrons. The molecule has 4 N–H and O–H groups in total. The minimum atomic E-state index is -3.37. The predicted octanol–water partition coefficient (Wildman–Crippen LogP) is 0.860. The number of methoxy groups -OCH3 is 1. The van der Waals surface area contributed by atoms with Gasteiger partial charge in [0.1, 0.15) is 5.75 Å². The number of urea groups is 1. The first-order valence-electron chi connectivity index (χ1n) is 9.21. The molecular weight excluding hydrogens is 408 g/mol. The number of rotatable bonds is 10. The van der Waals surface area contributed by atoms with Crippen LogP contribution >= 0.6 is 0 Å². The maximum Gasteiger partial charge on any atom is 0.315 e. The Morgan fingerprint density at radius 1 is 0.900 bits per heavy atom. The Hall–Kier alpha value is -3.11. The van der Waals surface area contributed by atoms with E-state index in [9.17, 15) is 18.0 Å². The third kappa shape index (κ3) is 8.10. The van der Waals surface area contributed by atoms with Gasteiger partial charge >= 0.3 is 6.03 Å². The lowest BCUT2D eigenvalue weighted by Gasteiger charge is -2.10. The lowest BCUT2D eigenvalue weighted by molar-refractivity contribution is -0.120. The van der Waals surface area contributed by atoms with Crippen molar-refractivity contribution in [1.29, 1.82) is 0 Å². The van der Waals surface area contributed by atoms with Crippen molar-refractivity contribution in [3.05, 3.63) is 65.2 Å². The van der Waals surface area contributed by atoms with Gasteiger partial charge in [-0.05, 0) is 35.9 Å². The van der Waals surface area contributed by atoms with Crippen molar-refractivity contribution >= 4 is 22.0 Å². The van der Waals surface area contributed by atoms with Crippen molar-refractivity contribution in [3.63, 3.8) is 0 Å². The maximum atomic E-state index is 11.9. The molecule has 2 aromatic carbocycles. The Bertz CT molecular complexity index is 961. The van der Waals surface area contributed by atoms with Gasteiger partial charge in [-0.3, -0.25) is 4.79 Å². The summed E-state index contributed by atoms with van der Waals surface area (Å²) in [5, 5.41) is 7.83. The highest BCUT2D eigenvalue weighted by molar-refractivity contribution is 7.88. The molecule has 30 heavy (non-hydrogen) atoms. The van der Waals surface area contributed by atoms with E-state index in [0.29, 0.717) is 12.1 Å². The molecule has 2 aromatic rings. The summed E-state index contributed by atoms with van der Waals surface area (Å²) in [6.07, 6.45) is 0. The standard InChI is InChI=1S/C20H26N4O5S/c1-21-30(27,28)14-17-5-3-4-16(10-17)12-23-20(26)24-13-19(25)22-11-15-6-8-18(29-2)9-7-15/h3-10,21H,11-14H2,1-2H3,(H,22,25)(H2,23,24,26). The summed E-state index contributed by atoms with van der Waals surface area (Å²) in [7, 11) is -0.427. The number of carbonyl (C=O) groups excluding carboxylic acids is 2. The van der Waals surface area contributed by atoms with Gasteiger partial charge in [0.05, 0.1) is 19.4 Å². The Kier molecular flexibility index (Phi) is 8.63. The van der Waals surface area contributed by atoms with Gasteiger partial charge in [0.2, 0.25) is 15.9 Å². The van der Waals surface area contributed by atoms with E-state index in [0.717, 1.165) is 16.9 Å². The third-order valence-electron chi connectivity index (χ3n) is 4.17. The van der Waals surface area contributed by atoms with Crippen LogP contribution in [-0.4, -0.2) is 41.1 Å². The van der Waals surface area contributed by atoms with Crippen molar-refractivity contribution in [2.24, 2.45) is 0 Å². The van der Waals surface area contributed by atoms with Gasteiger partial charge < -0.3 is 20.7 Å². The molecule has 9 nitrogen and oxygen atoms in total. The Labute approximate surface area is 176 Å². The first kappa shape index (κ1) is 23.2. The van der Waals surface area contributed by atoms with Crippen LogP contribution in [0.4, 0.5) is 4.79 Å². The van der Waals surface area contributed by atoms with E-state index in [2.05, 4.69) is 20.7 Å². The number of hydrogen-bond donors (Lipinski definition) is 4. The summed E-state index contributed by atoms with van der Waals surface area (Å²) in [5.74, 6) is 0.274. The average molecular weight is 435 g/mol. The number of hydrogen-bond acceptors (Lipinski definition) is 5. The minimum Gasteiger partial charge on any atom is -0.497 e. The highest BCUT2D eigenvalue weighted by Gasteiger charge is 2.09. The molecule has 0 bridgehead atoms. The zero-order chi connectivity index (χ0) is 22.0. The van der Waals surface area contributed by atoms with Crippen LogP contribution in [0.1, 0.15) is 16.7 Å². The molecule has 0 spiro atoms. The van der Waals surface area contributed by atoms with Gasteiger partial charge in [-0.25, -0.2) is 17.9 Å². The van der Waals surface area contributed by atoms with Crippen LogP contribution < -0.4 is 25.4 Å². The number of ether oxygens (including phenoxy) is 1. The van der Waals surface area contributed by atoms with Crippen molar-refractivity contribution < 1.29 is 22.7 Å². The van der Waals surface area contributed by atoms with Gasteiger partial charge in [-0.15, -0.1) is 0 Å². The van der Waals surface area contributed by atoms with Crippen LogP contribution in [0, 0.1) is 0 Å². The summed E-state index contributed by atoms with van der Waals surface area (Å²) in [6, 6.07) is 13.7. The lowest BCUT2D eigenvalue weighted by atomic mass is 10.1. The fourth-order valence-electron chi connectivity index (χ4n) is 2.53. The second-order valence-electron chi connectivity index (χ2n) is 6.44. The van der Waals surface area contributed by atoms with Gasteiger partial charge in [0.25, 0.3) is 0 Å². The van der Waals surface area contributed by atoms with E-state index in [1.165, 1.54) is 7.05 Å². The average Bonchev–Trinajstić information content (AvgIpc) is 2.75. The van der Waals surface area contributed by atoms with Crippen molar-refractivity contribution in [2.45, 2.75) is 18.8 Å². The largest absolute Gasteiger partial charge is 0.497 e. The molecule has 2 rings (SSSR count). The van der Waals surface area contributed by atoms with E-state index in [1.54, 1.807) is 43.5 Å². The molecule has 0 aliphatic carbocycles. The summed E-state index contributed by atoms with van der Waals surface area (Å²) in [5.41, 5.74) is 2.27. The Balaban J connectivity index is 1.72. The van der Waals surface area contributed by atoms with Crippen molar-refractivity contribution in [1.82, 2.24) is 20.7 Å². The number of benzene rings is 2. The molecule has 0 aromatic heterocycles. The van der Waals surface area contributed by atoms with Crippen molar-refractivity contribution in [3.8, 4) is 5.75 Å². The second-order valence-corrected chi connectivity index (χ2v) is 8.37. The zero-order valence-corrected chi connectivity index (χ0v) is 17.7. The van der Waals surface area contributed by atoms with Crippen LogP contribution in [-0.2, 0) is 33.7 Å². The summed E-state index contributed by atoms with van der Waals surface area (Å²) in [6.45, 7) is 0.379. The highest BCUT2D eigenvalue weighted by atomic mass is 32.2. The zero-order valence-electron chi connectivity index (χ0n) is 16.9. The van der Waals surface area contributed by atoms with Gasteiger partial charge in [-0.1, -0.05) is 36.4 Å². The third-order valence-corrected chi connectivity index (χ3v) is 5.51. The molecule has 0 saturated heterocycles. The topological polar surface area (TPSA) is 126 Å². The molecule has 0 aliphatic heterocycles. The van der Waals surface area contributed by atoms with E-state index in [1.807, 2.05) is 12.1 Å². The molecule has 0 fully saturated rings. The predicted molar refractivity (Wildman–Crippen MR) is 113 cm³/mol. The smallest absolute Gasteiger partial charge is 0.315 e. The Morgan fingerprint density at radius 2 is 1.57 bits per heavy atom. The molecule has 0 atom stereocenters. The fourth-order valence-corrected chi connectivity index (χ4v) is 3.30. The molecule has 0 unspecified atom stereocenters. The number of sulfonamides is 1. The Morgan fingerprint density at radius 3 is 2.23 bits per heavy atom. The number of amides is 3. The SMILES string of the molecule is CNS(=O)(=O)Cc1cccc(CNC(=O)NCC(=O)NCc2ccc(OC)cc2)c1. The molecule has 0 heterocycles. The molecule has 0 aliphatic rings. The van der Waals surface area contributed by atoms with E-state index in [4.69, 9.17) is 4.74 Å². The number of nitrogens with one attached hydrogen (secondary N) is 4. The normalized spacial score (nSPS) is 10.9. The van der Waals surface area contributed by atoms with Gasteiger partial charge in [0.15, 0.2) is 0 Å². The van der Waals surface area contributed by atoms with E-state index in [-0.39, 0.29) is 24.7 Å². The quantitative estimate of drug-likeness (QED) is 0.441. The monoisotopic (exact) mass is 434 g/mol. The second kappa shape index (κ2) is 11.2. The van der Waals surface area contributed by atoms with Crippen LogP contribution in [0.5, 0.6) is 5.75 Å².